The van der Waals surface area contributed by atoms with Crippen LogP contribution >= 0.6 is 15.9 Å². The Bertz CT molecular complexity index is 566. The maximum absolute atomic E-state index is 13.4. The summed E-state index contributed by atoms with van der Waals surface area (Å²) in [6, 6.07) is 11.4. The molecule has 0 aliphatic heterocycles. The van der Waals surface area contributed by atoms with Gasteiger partial charge in [-0.25, -0.2) is 4.39 Å². The molecule has 2 rings (SSSR count). The number of aryl methyl sites for hydroxylation is 2. The molecule has 1 nitrogen and oxygen atoms in total. The molecular formula is C15H15BrFN. The number of rotatable bonds is 3. The van der Waals surface area contributed by atoms with Gasteiger partial charge < -0.3 is 5.32 Å². The van der Waals surface area contributed by atoms with Crippen LogP contribution in [0.4, 0.5) is 10.1 Å². The minimum absolute atomic E-state index is 0.249. The van der Waals surface area contributed by atoms with Crippen molar-refractivity contribution in [3.05, 3.63) is 63.4 Å². The van der Waals surface area contributed by atoms with Crippen LogP contribution in [0.1, 0.15) is 16.7 Å². The molecule has 18 heavy (non-hydrogen) atoms. The van der Waals surface area contributed by atoms with E-state index in [0.717, 1.165) is 5.69 Å². The molecule has 0 spiro atoms. The molecule has 0 bridgehead atoms. The van der Waals surface area contributed by atoms with Gasteiger partial charge in [0, 0.05) is 12.2 Å². The van der Waals surface area contributed by atoms with Gasteiger partial charge in [0.25, 0.3) is 0 Å². The lowest BCUT2D eigenvalue weighted by Crippen LogP contribution is -2.02. The highest BCUT2D eigenvalue weighted by Gasteiger charge is 2.02. The molecule has 0 aromatic heterocycles. The van der Waals surface area contributed by atoms with Gasteiger partial charge in [-0.2, -0.15) is 0 Å². The highest BCUT2D eigenvalue weighted by molar-refractivity contribution is 9.10. The zero-order chi connectivity index (χ0) is 13.1. The average Bonchev–Trinajstić information content (AvgIpc) is 2.34. The van der Waals surface area contributed by atoms with Gasteiger partial charge in [-0.05, 0) is 59.1 Å². The molecule has 2 aromatic rings. The second-order valence-electron chi connectivity index (χ2n) is 4.41. The molecule has 0 heterocycles. The first kappa shape index (κ1) is 13.1. The number of hydrogen-bond acceptors (Lipinski definition) is 1. The van der Waals surface area contributed by atoms with Crippen molar-refractivity contribution < 1.29 is 4.39 Å². The van der Waals surface area contributed by atoms with Gasteiger partial charge in [-0.15, -0.1) is 0 Å². The molecule has 2 aromatic carbocycles. The number of anilines is 1. The maximum atomic E-state index is 13.4. The van der Waals surface area contributed by atoms with E-state index in [4.69, 9.17) is 0 Å². The first-order chi connectivity index (χ1) is 8.56. The van der Waals surface area contributed by atoms with E-state index < -0.39 is 0 Å². The second-order valence-corrected chi connectivity index (χ2v) is 5.27. The van der Waals surface area contributed by atoms with Gasteiger partial charge in [0.2, 0.25) is 0 Å². The topological polar surface area (TPSA) is 12.0 Å². The molecule has 0 saturated carbocycles. The van der Waals surface area contributed by atoms with Crippen LogP contribution in [0.5, 0.6) is 0 Å². The fourth-order valence-corrected chi connectivity index (χ4v) is 2.04. The lowest BCUT2D eigenvalue weighted by molar-refractivity contribution is 0.621. The summed E-state index contributed by atoms with van der Waals surface area (Å²) < 4.78 is 13.8. The van der Waals surface area contributed by atoms with Crippen LogP contribution in [0.15, 0.2) is 40.9 Å². The van der Waals surface area contributed by atoms with Crippen molar-refractivity contribution in [3.8, 4) is 0 Å². The molecule has 3 heteroatoms. The van der Waals surface area contributed by atoms with Crippen molar-refractivity contribution in [2.45, 2.75) is 20.4 Å². The van der Waals surface area contributed by atoms with Crippen molar-refractivity contribution in [2.24, 2.45) is 0 Å². The highest BCUT2D eigenvalue weighted by Crippen LogP contribution is 2.20. The summed E-state index contributed by atoms with van der Waals surface area (Å²) in [4.78, 5) is 0. The lowest BCUT2D eigenvalue weighted by atomic mass is 10.1. The summed E-state index contributed by atoms with van der Waals surface area (Å²) in [6.45, 7) is 4.86. The van der Waals surface area contributed by atoms with Crippen LogP contribution in [0, 0.1) is 19.7 Å². The molecular weight excluding hydrogens is 293 g/mol. The molecule has 0 saturated heterocycles. The summed E-state index contributed by atoms with van der Waals surface area (Å²) >= 11 is 3.14. The van der Waals surface area contributed by atoms with Crippen LogP contribution in [0.2, 0.25) is 0 Å². The second kappa shape index (κ2) is 5.53. The van der Waals surface area contributed by atoms with Crippen molar-refractivity contribution in [2.75, 3.05) is 5.32 Å². The minimum Gasteiger partial charge on any atom is -0.381 e. The molecule has 0 aliphatic carbocycles. The maximum Gasteiger partial charge on any atom is 0.139 e. The Hall–Kier alpha value is -1.35. The van der Waals surface area contributed by atoms with E-state index in [1.54, 1.807) is 6.07 Å². The summed E-state index contributed by atoms with van der Waals surface area (Å²) in [5.74, 6) is -0.249. The third kappa shape index (κ3) is 3.10. The molecule has 0 aliphatic rings. The monoisotopic (exact) mass is 307 g/mol. The van der Waals surface area contributed by atoms with Crippen molar-refractivity contribution in [1.29, 1.82) is 0 Å². The summed E-state index contributed by atoms with van der Waals surface area (Å²) in [6.07, 6.45) is 0. The smallest absolute Gasteiger partial charge is 0.139 e. The fourth-order valence-electron chi connectivity index (χ4n) is 1.79. The van der Waals surface area contributed by atoms with Crippen LogP contribution in [-0.4, -0.2) is 0 Å². The van der Waals surface area contributed by atoms with E-state index in [9.17, 15) is 4.39 Å². The normalized spacial score (nSPS) is 10.4. The Morgan fingerprint density at radius 1 is 1.11 bits per heavy atom. The van der Waals surface area contributed by atoms with Gasteiger partial charge in [0.1, 0.15) is 5.82 Å². The molecule has 0 amide bonds. The zero-order valence-electron chi connectivity index (χ0n) is 10.4. The van der Waals surface area contributed by atoms with Gasteiger partial charge in [0.15, 0.2) is 0 Å². The van der Waals surface area contributed by atoms with Crippen molar-refractivity contribution >= 4 is 21.6 Å². The van der Waals surface area contributed by atoms with Gasteiger partial charge in [-0.3, -0.25) is 0 Å². The van der Waals surface area contributed by atoms with Crippen molar-refractivity contribution in [1.82, 2.24) is 0 Å². The van der Waals surface area contributed by atoms with Crippen LogP contribution in [-0.2, 0) is 6.54 Å². The highest BCUT2D eigenvalue weighted by atomic mass is 79.9. The Labute approximate surface area is 115 Å². The first-order valence-electron chi connectivity index (χ1n) is 5.81. The Balaban J connectivity index is 2.11. The van der Waals surface area contributed by atoms with Gasteiger partial charge >= 0.3 is 0 Å². The van der Waals surface area contributed by atoms with Crippen LogP contribution < -0.4 is 5.32 Å². The molecule has 0 radical (unpaired) electrons. The Morgan fingerprint density at radius 3 is 2.61 bits per heavy atom. The van der Waals surface area contributed by atoms with Crippen LogP contribution in [0.3, 0.4) is 0 Å². The van der Waals surface area contributed by atoms with E-state index in [-0.39, 0.29) is 5.82 Å². The van der Waals surface area contributed by atoms with E-state index >= 15 is 0 Å². The van der Waals surface area contributed by atoms with Crippen molar-refractivity contribution in [3.63, 3.8) is 0 Å². The molecule has 0 unspecified atom stereocenters. The predicted molar refractivity (Wildman–Crippen MR) is 77.3 cm³/mol. The summed E-state index contributed by atoms with van der Waals surface area (Å²) in [5.41, 5.74) is 4.50. The third-order valence-electron chi connectivity index (χ3n) is 2.91. The van der Waals surface area contributed by atoms with E-state index in [1.165, 1.54) is 22.8 Å². The van der Waals surface area contributed by atoms with E-state index in [1.807, 2.05) is 6.07 Å². The number of halogens is 2. The van der Waals surface area contributed by atoms with Gasteiger partial charge in [0.05, 0.1) is 4.47 Å². The molecule has 0 atom stereocenters. The van der Waals surface area contributed by atoms with Crippen LogP contribution in [0.25, 0.3) is 0 Å². The molecule has 0 fully saturated rings. The number of hydrogen-bond donors (Lipinski definition) is 1. The number of benzene rings is 2. The predicted octanol–water partition coefficient (Wildman–Crippen LogP) is 4.82. The first-order valence-corrected chi connectivity index (χ1v) is 6.60. The zero-order valence-corrected chi connectivity index (χ0v) is 12.0. The summed E-state index contributed by atoms with van der Waals surface area (Å²) in [7, 11) is 0. The molecule has 1 N–H and O–H groups in total. The SMILES string of the molecule is Cc1ccc(C)c(CNc2ccc(Br)c(F)c2)c1. The largest absolute Gasteiger partial charge is 0.381 e. The third-order valence-corrected chi connectivity index (χ3v) is 3.55. The summed E-state index contributed by atoms with van der Waals surface area (Å²) in [5, 5.41) is 3.24. The standard InChI is InChI=1S/C15H15BrFN/c1-10-3-4-11(2)12(7-10)9-18-13-5-6-14(16)15(17)8-13/h3-8,18H,9H2,1-2H3. The fraction of sp³-hybridized carbons (Fsp3) is 0.200. The minimum atomic E-state index is -0.249. The Morgan fingerprint density at radius 2 is 1.89 bits per heavy atom. The quantitative estimate of drug-likeness (QED) is 0.857. The lowest BCUT2D eigenvalue weighted by Gasteiger charge is -2.10. The van der Waals surface area contributed by atoms with Gasteiger partial charge in [-0.1, -0.05) is 23.8 Å². The van der Waals surface area contributed by atoms with E-state index in [2.05, 4.69) is 53.3 Å². The number of nitrogens with one attached hydrogen (secondary N) is 1. The molecule has 94 valence electrons. The Kier molecular flexibility index (Phi) is 4.02. The van der Waals surface area contributed by atoms with E-state index in [0.29, 0.717) is 11.0 Å². The average molecular weight is 308 g/mol.